The van der Waals surface area contributed by atoms with E-state index in [2.05, 4.69) is 16.0 Å². The normalized spacial score (nSPS) is 13.0. The fraction of sp³-hybridized carbons (Fsp3) is 0.300. The lowest BCUT2D eigenvalue weighted by Crippen LogP contribution is -2.30. The molecule has 0 spiro atoms. The molecule has 1 fully saturated rings. The fourth-order valence-corrected chi connectivity index (χ4v) is 2.76. The van der Waals surface area contributed by atoms with Crippen LogP contribution in [-0.2, 0) is 6.42 Å². The number of carbonyl (C=O) groups excluding carboxylic acids is 2. The molecule has 0 radical (unpaired) electrons. The molecule has 0 bridgehead atoms. The predicted octanol–water partition coefficient (Wildman–Crippen LogP) is 3.61. The molecule has 0 saturated heterocycles. The second-order valence-corrected chi connectivity index (χ2v) is 6.83. The van der Waals surface area contributed by atoms with Crippen molar-refractivity contribution in [3.8, 4) is 5.75 Å². The first-order valence-electron chi connectivity index (χ1n) is 8.83. The summed E-state index contributed by atoms with van der Waals surface area (Å²) in [6.45, 7) is 0.487. The second kappa shape index (κ2) is 8.77. The van der Waals surface area contributed by atoms with Crippen molar-refractivity contribution in [1.29, 1.82) is 0 Å². The zero-order chi connectivity index (χ0) is 19.2. The molecule has 1 aliphatic rings. The standard InChI is InChI=1S/C20H22ClN3O3/c1-27-16-7-2-13(3-8-16)10-11-22-20(26)24-15-6-9-18(21)17(12-15)19(25)23-14-4-5-14/h2-3,6-9,12,14H,4-5,10-11H2,1H3,(H,23,25)(H2,22,24,26). The van der Waals surface area contributed by atoms with Crippen LogP contribution in [-0.4, -0.2) is 31.6 Å². The molecule has 7 heteroatoms. The van der Waals surface area contributed by atoms with Crippen LogP contribution >= 0.6 is 11.6 Å². The minimum atomic E-state index is -0.334. The largest absolute Gasteiger partial charge is 0.497 e. The van der Waals surface area contributed by atoms with Crippen LogP contribution in [0.2, 0.25) is 5.02 Å². The van der Waals surface area contributed by atoms with Crippen molar-refractivity contribution in [1.82, 2.24) is 10.6 Å². The molecule has 27 heavy (non-hydrogen) atoms. The second-order valence-electron chi connectivity index (χ2n) is 6.42. The number of amides is 3. The summed E-state index contributed by atoms with van der Waals surface area (Å²) in [5.74, 6) is 0.583. The minimum Gasteiger partial charge on any atom is -0.497 e. The van der Waals surface area contributed by atoms with Gasteiger partial charge in [-0.05, 0) is 55.2 Å². The summed E-state index contributed by atoms with van der Waals surface area (Å²) in [6.07, 6.45) is 2.70. The lowest BCUT2D eigenvalue weighted by Gasteiger charge is -2.11. The van der Waals surface area contributed by atoms with Crippen molar-refractivity contribution in [2.45, 2.75) is 25.3 Å². The molecular weight excluding hydrogens is 366 g/mol. The topological polar surface area (TPSA) is 79.5 Å². The van der Waals surface area contributed by atoms with Crippen LogP contribution in [0.15, 0.2) is 42.5 Å². The number of ether oxygens (including phenoxy) is 1. The number of benzene rings is 2. The van der Waals surface area contributed by atoms with Crippen LogP contribution in [0.25, 0.3) is 0 Å². The average Bonchev–Trinajstić information content (AvgIpc) is 3.48. The summed E-state index contributed by atoms with van der Waals surface area (Å²) >= 11 is 6.11. The molecule has 0 heterocycles. The van der Waals surface area contributed by atoms with E-state index in [0.29, 0.717) is 29.2 Å². The molecular formula is C20H22ClN3O3. The van der Waals surface area contributed by atoms with E-state index in [4.69, 9.17) is 16.3 Å². The monoisotopic (exact) mass is 387 g/mol. The number of hydrogen-bond donors (Lipinski definition) is 3. The van der Waals surface area contributed by atoms with Crippen molar-refractivity contribution >= 4 is 29.2 Å². The fourth-order valence-electron chi connectivity index (χ4n) is 2.56. The Balaban J connectivity index is 1.50. The van der Waals surface area contributed by atoms with Crippen molar-refractivity contribution < 1.29 is 14.3 Å². The number of carbonyl (C=O) groups is 2. The maximum atomic E-state index is 12.2. The van der Waals surface area contributed by atoms with Crippen LogP contribution in [0.3, 0.4) is 0 Å². The van der Waals surface area contributed by atoms with Gasteiger partial charge in [0, 0.05) is 18.3 Å². The first kappa shape index (κ1) is 19.0. The number of urea groups is 1. The van der Waals surface area contributed by atoms with Crippen LogP contribution in [0.1, 0.15) is 28.8 Å². The van der Waals surface area contributed by atoms with Gasteiger partial charge < -0.3 is 20.7 Å². The molecule has 2 aromatic rings. The highest BCUT2D eigenvalue weighted by molar-refractivity contribution is 6.34. The summed E-state index contributed by atoms with van der Waals surface area (Å²) < 4.78 is 5.12. The van der Waals surface area contributed by atoms with Gasteiger partial charge in [-0.25, -0.2) is 4.79 Å². The van der Waals surface area contributed by atoms with E-state index in [1.54, 1.807) is 25.3 Å². The summed E-state index contributed by atoms with van der Waals surface area (Å²) in [5, 5.41) is 8.78. The molecule has 1 aliphatic carbocycles. The quantitative estimate of drug-likeness (QED) is 0.679. The van der Waals surface area contributed by atoms with Gasteiger partial charge in [-0.3, -0.25) is 4.79 Å². The average molecular weight is 388 g/mol. The molecule has 0 aromatic heterocycles. The lowest BCUT2D eigenvalue weighted by molar-refractivity contribution is 0.0951. The Kier molecular flexibility index (Phi) is 6.19. The van der Waals surface area contributed by atoms with Crippen LogP contribution in [0.5, 0.6) is 5.75 Å². The van der Waals surface area contributed by atoms with Crippen molar-refractivity contribution in [2.75, 3.05) is 19.0 Å². The zero-order valence-corrected chi connectivity index (χ0v) is 15.8. The molecule has 2 aromatic carbocycles. The molecule has 0 unspecified atom stereocenters. The molecule has 3 amide bonds. The van der Waals surface area contributed by atoms with Gasteiger partial charge in [0.1, 0.15) is 5.75 Å². The van der Waals surface area contributed by atoms with Crippen LogP contribution in [0, 0.1) is 0 Å². The Morgan fingerprint density at radius 1 is 1.15 bits per heavy atom. The van der Waals surface area contributed by atoms with E-state index in [0.717, 1.165) is 24.2 Å². The van der Waals surface area contributed by atoms with Gasteiger partial charge in [0.25, 0.3) is 5.91 Å². The highest BCUT2D eigenvalue weighted by Gasteiger charge is 2.24. The Labute approximate surface area is 163 Å². The number of nitrogens with one attached hydrogen (secondary N) is 3. The van der Waals surface area contributed by atoms with Gasteiger partial charge in [-0.1, -0.05) is 23.7 Å². The number of methoxy groups -OCH3 is 1. The van der Waals surface area contributed by atoms with E-state index in [1.165, 1.54) is 0 Å². The molecule has 142 valence electrons. The maximum absolute atomic E-state index is 12.2. The number of hydrogen-bond acceptors (Lipinski definition) is 3. The van der Waals surface area contributed by atoms with E-state index in [9.17, 15) is 9.59 Å². The highest BCUT2D eigenvalue weighted by Crippen LogP contribution is 2.24. The molecule has 6 nitrogen and oxygen atoms in total. The zero-order valence-electron chi connectivity index (χ0n) is 15.0. The van der Waals surface area contributed by atoms with E-state index in [-0.39, 0.29) is 18.0 Å². The van der Waals surface area contributed by atoms with Crippen molar-refractivity contribution in [3.63, 3.8) is 0 Å². The first-order valence-corrected chi connectivity index (χ1v) is 9.21. The van der Waals surface area contributed by atoms with Gasteiger partial charge in [-0.15, -0.1) is 0 Å². The van der Waals surface area contributed by atoms with Crippen molar-refractivity contribution in [2.24, 2.45) is 0 Å². The summed E-state index contributed by atoms with van der Waals surface area (Å²) in [5.41, 5.74) is 1.98. The molecule has 1 saturated carbocycles. The minimum absolute atomic E-state index is 0.217. The van der Waals surface area contributed by atoms with Gasteiger partial charge in [0.15, 0.2) is 0 Å². The Bertz CT molecular complexity index is 820. The summed E-state index contributed by atoms with van der Waals surface area (Å²) in [6, 6.07) is 12.5. The predicted molar refractivity (Wildman–Crippen MR) is 106 cm³/mol. The SMILES string of the molecule is COc1ccc(CCNC(=O)Nc2ccc(Cl)c(C(=O)NC3CC3)c2)cc1. The van der Waals surface area contributed by atoms with Gasteiger partial charge >= 0.3 is 6.03 Å². The van der Waals surface area contributed by atoms with Crippen LogP contribution in [0.4, 0.5) is 10.5 Å². The third kappa shape index (κ3) is 5.62. The molecule has 3 rings (SSSR count). The molecule has 0 atom stereocenters. The third-order valence-corrected chi connectivity index (χ3v) is 4.57. The third-order valence-electron chi connectivity index (χ3n) is 4.24. The Morgan fingerprint density at radius 3 is 2.56 bits per heavy atom. The number of rotatable bonds is 7. The van der Waals surface area contributed by atoms with E-state index in [1.807, 2.05) is 24.3 Å². The number of anilines is 1. The first-order chi connectivity index (χ1) is 13.0. The van der Waals surface area contributed by atoms with Gasteiger partial charge in [-0.2, -0.15) is 0 Å². The number of halogens is 1. The maximum Gasteiger partial charge on any atom is 0.319 e. The highest BCUT2D eigenvalue weighted by atomic mass is 35.5. The molecule has 3 N–H and O–H groups in total. The smallest absolute Gasteiger partial charge is 0.319 e. The van der Waals surface area contributed by atoms with E-state index < -0.39 is 0 Å². The van der Waals surface area contributed by atoms with Gasteiger partial charge in [0.2, 0.25) is 0 Å². The Hall–Kier alpha value is -2.73. The van der Waals surface area contributed by atoms with Crippen LogP contribution < -0.4 is 20.7 Å². The van der Waals surface area contributed by atoms with Gasteiger partial charge in [0.05, 0.1) is 17.7 Å². The van der Waals surface area contributed by atoms with E-state index >= 15 is 0 Å². The Morgan fingerprint density at radius 2 is 1.89 bits per heavy atom. The summed E-state index contributed by atoms with van der Waals surface area (Å²) in [4.78, 5) is 24.3. The summed E-state index contributed by atoms with van der Waals surface area (Å²) in [7, 11) is 1.62. The van der Waals surface area contributed by atoms with Crippen molar-refractivity contribution in [3.05, 3.63) is 58.6 Å². The lowest BCUT2D eigenvalue weighted by atomic mass is 10.1. The molecule has 0 aliphatic heterocycles.